The Kier molecular flexibility index (Phi) is 3.79. The zero-order valence-corrected chi connectivity index (χ0v) is 7.55. The summed E-state index contributed by atoms with van der Waals surface area (Å²) in [7, 11) is 0. The van der Waals surface area contributed by atoms with E-state index in [9.17, 15) is 4.79 Å². The van der Waals surface area contributed by atoms with Crippen LogP contribution >= 0.6 is 0 Å². The number of hydrogen-bond donors (Lipinski definition) is 0. The summed E-state index contributed by atoms with van der Waals surface area (Å²) in [5.74, 6) is 0. The molecule has 0 N–H and O–H groups in total. The molecule has 3 nitrogen and oxygen atoms in total. The molecule has 0 heterocycles. The van der Waals surface area contributed by atoms with E-state index in [-0.39, 0.29) is 0 Å². The fraction of sp³-hybridized carbons (Fsp3) is 0.750. The average Bonchev–Trinajstić information content (AvgIpc) is 2.00. The molecule has 0 amide bonds. The van der Waals surface area contributed by atoms with Crippen LogP contribution < -0.4 is 0 Å². The van der Waals surface area contributed by atoms with Crippen LogP contribution in [0.25, 0.3) is 0 Å². The molecule has 0 rings (SSSR count). The fourth-order valence-corrected chi connectivity index (χ4v) is 0.282. The summed E-state index contributed by atoms with van der Waals surface area (Å²) < 4.78 is 0. The van der Waals surface area contributed by atoms with E-state index in [1.807, 2.05) is 13.8 Å². The van der Waals surface area contributed by atoms with Gasteiger partial charge in [0.25, 0.3) is 0 Å². The predicted octanol–water partition coefficient (Wildman–Crippen LogP) is 1.77. The van der Waals surface area contributed by atoms with E-state index in [1.165, 1.54) is 0 Å². The first-order valence-corrected chi connectivity index (χ1v) is 3.70. The molecule has 0 aliphatic heterocycles. The van der Waals surface area contributed by atoms with Crippen LogP contribution in [0, 0.1) is 0 Å². The predicted molar refractivity (Wildman–Crippen MR) is 44.6 cm³/mol. The van der Waals surface area contributed by atoms with Crippen molar-refractivity contribution in [3.63, 3.8) is 0 Å². The van der Waals surface area contributed by atoms with Gasteiger partial charge in [-0.25, -0.2) is 0 Å². The van der Waals surface area contributed by atoms with Gasteiger partial charge in [-0.3, -0.25) is 4.79 Å². The molecule has 3 heteroatoms. The van der Waals surface area contributed by atoms with Crippen LogP contribution in [0.5, 0.6) is 0 Å². The van der Waals surface area contributed by atoms with Gasteiger partial charge < -0.3 is 4.84 Å². The second-order valence-corrected chi connectivity index (χ2v) is 2.99. The average molecular weight is 157 g/mol. The summed E-state index contributed by atoms with van der Waals surface area (Å²) in [4.78, 5) is 15.3. The molecule has 11 heavy (non-hydrogen) atoms. The van der Waals surface area contributed by atoms with Crippen molar-refractivity contribution in [3.8, 4) is 0 Å². The number of rotatable bonds is 4. The number of hydrogen-bond acceptors (Lipinski definition) is 3. The monoisotopic (exact) mass is 157 g/mol. The number of carbonyl (C=O) groups is 1. The molecule has 0 unspecified atom stereocenters. The van der Waals surface area contributed by atoms with Gasteiger partial charge in [0.1, 0.15) is 0 Å². The summed E-state index contributed by atoms with van der Waals surface area (Å²) in [6, 6.07) is 0. The fourth-order valence-electron chi connectivity index (χ4n) is 0.282. The van der Waals surface area contributed by atoms with E-state index >= 15 is 0 Å². The Bertz CT molecular complexity index is 161. The van der Waals surface area contributed by atoms with E-state index in [4.69, 9.17) is 4.84 Å². The molecule has 64 valence electrons. The Morgan fingerprint density at radius 2 is 2.18 bits per heavy atom. The third-order valence-electron chi connectivity index (χ3n) is 1.23. The standard InChI is InChI=1S/C8H15NO2/c1-5-7(2)9-11-8(3,4)6-10/h6H,5H2,1-4H3/b9-7+. The van der Waals surface area contributed by atoms with E-state index in [0.29, 0.717) is 0 Å². The maximum absolute atomic E-state index is 10.3. The van der Waals surface area contributed by atoms with E-state index in [0.717, 1.165) is 18.4 Å². The van der Waals surface area contributed by atoms with Gasteiger partial charge in [0.15, 0.2) is 11.9 Å². The molecule has 0 aliphatic carbocycles. The van der Waals surface area contributed by atoms with E-state index < -0.39 is 5.60 Å². The first-order valence-electron chi connectivity index (χ1n) is 3.70. The van der Waals surface area contributed by atoms with Crippen molar-refractivity contribution in [3.05, 3.63) is 0 Å². The highest BCUT2D eigenvalue weighted by atomic mass is 16.6. The molecule has 0 fully saturated rings. The maximum atomic E-state index is 10.3. The smallest absolute Gasteiger partial charge is 0.186 e. The largest absolute Gasteiger partial charge is 0.382 e. The van der Waals surface area contributed by atoms with Gasteiger partial charge in [-0.15, -0.1) is 0 Å². The molecule has 0 radical (unpaired) electrons. The topological polar surface area (TPSA) is 38.7 Å². The van der Waals surface area contributed by atoms with Crippen molar-refractivity contribution in [1.82, 2.24) is 0 Å². The van der Waals surface area contributed by atoms with Crippen LogP contribution in [0.4, 0.5) is 0 Å². The quantitative estimate of drug-likeness (QED) is 0.354. The molecule has 0 aromatic rings. The van der Waals surface area contributed by atoms with Crippen molar-refractivity contribution >= 4 is 12.0 Å². The van der Waals surface area contributed by atoms with Crippen LogP contribution in [0.2, 0.25) is 0 Å². The van der Waals surface area contributed by atoms with Gasteiger partial charge in [-0.2, -0.15) is 0 Å². The highest BCUT2D eigenvalue weighted by Crippen LogP contribution is 2.05. The van der Waals surface area contributed by atoms with Crippen LogP contribution in [0.3, 0.4) is 0 Å². The van der Waals surface area contributed by atoms with Gasteiger partial charge in [-0.05, 0) is 27.2 Å². The molecule has 0 bridgehead atoms. The third kappa shape index (κ3) is 4.53. The lowest BCUT2D eigenvalue weighted by Gasteiger charge is -2.14. The summed E-state index contributed by atoms with van der Waals surface area (Å²) in [5, 5.41) is 3.77. The van der Waals surface area contributed by atoms with Crippen molar-refractivity contribution in [1.29, 1.82) is 0 Å². The van der Waals surface area contributed by atoms with Crippen molar-refractivity contribution in [2.75, 3.05) is 0 Å². The molecule has 0 aromatic carbocycles. The lowest BCUT2D eigenvalue weighted by Crippen LogP contribution is -2.23. The van der Waals surface area contributed by atoms with Crippen LogP contribution in [0.1, 0.15) is 34.1 Å². The third-order valence-corrected chi connectivity index (χ3v) is 1.23. The SMILES string of the molecule is CC/C(C)=N/OC(C)(C)C=O. The van der Waals surface area contributed by atoms with Gasteiger partial charge in [0.2, 0.25) is 0 Å². The first-order chi connectivity index (χ1) is 5.02. The second-order valence-electron chi connectivity index (χ2n) is 2.99. The first kappa shape index (κ1) is 10.1. The molecule has 0 aromatic heterocycles. The Hall–Kier alpha value is -0.860. The van der Waals surface area contributed by atoms with Crippen LogP contribution in [-0.2, 0) is 9.63 Å². The lowest BCUT2D eigenvalue weighted by molar-refractivity contribution is -0.126. The number of carbonyl (C=O) groups excluding carboxylic acids is 1. The summed E-state index contributed by atoms with van der Waals surface area (Å²) in [5.41, 5.74) is 0.0936. The van der Waals surface area contributed by atoms with Gasteiger partial charge >= 0.3 is 0 Å². The maximum Gasteiger partial charge on any atom is 0.186 e. The Morgan fingerprint density at radius 3 is 2.55 bits per heavy atom. The summed E-state index contributed by atoms with van der Waals surface area (Å²) >= 11 is 0. The molecule has 0 aliphatic rings. The highest BCUT2D eigenvalue weighted by Gasteiger charge is 2.17. The van der Waals surface area contributed by atoms with E-state index in [1.54, 1.807) is 13.8 Å². The lowest BCUT2D eigenvalue weighted by atomic mass is 10.2. The van der Waals surface area contributed by atoms with E-state index in [2.05, 4.69) is 5.16 Å². The van der Waals surface area contributed by atoms with Gasteiger partial charge in [0.05, 0.1) is 5.71 Å². The van der Waals surface area contributed by atoms with Crippen molar-refractivity contribution < 1.29 is 9.63 Å². The highest BCUT2D eigenvalue weighted by molar-refractivity contribution is 5.81. The van der Waals surface area contributed by atoms with Crippen molar-refractivity contribution in [2.24, 2.45) is 5.16 Å². The minimum absolute atomic E-state index is 0.736. The van der Waals surface area contributed by atoms with Gasteiger partial charge in [0, 0.05) is 0 Å². The summed E-state index contributed by atoms with van der Waals surface area (Å²) in [6.45, 7) is 7.19. The molecule has 0 saturated carbocycles. The zero-order valence-electron chi connectivity index (χ0n) is 7.55. The minimum Gasteiger partial charge on any atom is -0.382 e. The molecule has 0 saturated heterocycles. The minimum atomic E-state index is -0.795. The number of oxime groups is 1. The Labute approximate surface area is 67.4 Å². The Balaban J connectivity index is 3.96. The second kappa shape index (κ2) is 4.11. The normalized spacial score (nSPS) is 12.9. The molecule has 0 atom stereocenters. The number of aldehydes is 1. The van der Waals surface area contributed by atoms with Crippen molar-refractivity contribution in [2.45, 2.75) is 39.7 Å². The number of nitrogens with zero attached hydrogens (tertiary/aromatic N) is 1. The summed E-state index contributed by atoms with van der Waals surface area (Å²) in [6.07, 6.45) is 1.58. The van der Waals surface area contributed by atoms with Crippen LogP contribution in [0.15, 0.2) is 5.16 Å². The molecular formula is C8H15NO2. The Morgan fingerprint density at radius 1 is 1.64 bits per heavy atom. The van der Waals surface area contributed by atoms with Gasteiger partial charge in [-0.1, -0.05) is 12.1 Å². The van der Waals surface area contributed by atoms with Crippen LogP contribution in [-0.4, -0.2) is 17.6 Å². The zero-order chi connectivity index (χ0) is 8.91. The molecule has 0 spiro atoms. The molecular weight excluding hydrogens is 142 g/mol.